The Kier molecular flexibility index (Phi) is 6.99. The number of aryl methyl sites for hydroxylation is 1. The number of fused-ring (bicyclic) bond motifs is 1. The third kappa shape index (κ3) is 4.22. The minimum absolute atomic E-state index is 0.367. The van der Waals surface area contributed by atoms with Gasteiger partial charge in [-0.05, 0) is 24.6 Å². The number of nitrogens with one attached hydrogen (secondary N) is 1. The van der Waals surface area contributed by atoms with Crippen LogP contribution in [0.15, 0.2) is 46.3 Å². The van der Waals surface area contributed by atoms with Crippen molar-refractivity contribution in [3.63, 3.8) is 0 Å². The number of methoxy groups -OCH3 is 3. The molecule has 1 amide bonds. The van der Waals surface area contributed by atoms with E-state index in [9.17, 15) is 14.7 Å². The molecule has 0 radical (unpaired) electrons. The van der Waals surface area contributed by atoms with E-state index in [1.54, 1.807) is 36.4 Å². The molecule has 32 heavy (non-hydrogen) atoms. The van der Waals surface area contributed by atoms with Gasteiger partial charge in [-0.1, -0.05) is 19.1 Å². The van der Waals surface area contributed by atoms with Gasteiger partial charge in [0.25, 0.3) is 11.5 Å². The second-order valence-corrected chi connectivity index (χ2v) is 6.85. The zero-order chi connectivity index (χ0) is 23.3. The highest BCUT2D eigenvalue weighted by Crippen LogP contribution is 2.33. The molecule has 0 atom stereocenters. The molecule has 0 saturated heterocycles. The van der Waals surface area contributed by atoms with Crippen LogP contribution in [-0.2, 0) is 6.54 Å². The lowest BCUT2D eigenvalue weighted by Gasteiger charge is -2.13. The first-order chi connectivity index (χ1) is 15.5. The fourth-order valence-corrected chi connectivity index (χ4v) is 3.41. The zero-order valence-corrected chi connectivity index (χ0v) is 18.3. The molecule has 0 aliphatic carbocycles. The van der Waals surface area contributed by atoms with E-state index in [2.05, 4.69) is 10.5 Å². The molecule has 0 saturated carbocycles. The second-order valence-electron chi connectivity index (χ2n) is 6.85. The molecule has 0 aliphatic heterocycles. The van der Waals surface area contributed by atoms with E-state index in [-0.39, 0.29) is 11.3 Å². The Morgan fingerprint density at radius 1 is 1.09 bits per heavy atom. The van der Waals surface area contributed by atoms with Gasteiger partial charge in [0, 0.05) is 23.6 Å². The quantitative estimate of drug-likeness (QED) is 0.412. The Labute approximate surface area is 184 Å². The lowest BCUT2D eigenvalue weighted by Crippen LogP contribution is -2.31. The summed E-state index contributed by atoms with van der Waals surface area (Å²) in [7, 11) is 4.49. The van der Waals surface area contributed by atoms with Gasteiger partial charge >= 0.3 is 0 Å². The maximum absolute atomic E-state index is 13.0. The van der Waals surface area contributed by atoms with Crippen LogP contribution in [0.1, 0.15) is 29.3 Å². The summed E-state index contributed by atoms with van der Waals surface area (Å²) in [4.78, 5) is 25.7. The van der Waals surface area contributed by atoms with Crippen molar-refractivity contribution in [2.75, 3.05) is 21.3 Å². The number of pyridine rings is 1. The first-order valence-electron chi connectivity index (χ1n) is 9.94. The van der Waals surface area contributed by atoms with Gasteiger partial charge in [0.05, 0.1) is 33.1 Å². The van der Waals surface area contributed by atoms with Gasteiger partial charge in [-0.3, -0.25) is 9.59 Å². The molecule has 3 rings (SSSR count). The normalized spacial score (nSPS) is 11.0. The van der Waals surface area contributed by atoms with E-state index in [0.717, 1.165) is 0 Å². The van der Waals surface area contributed by atoms with Gasteiger partial charge in [0.15, 0.2) is 11.5 Å². The van der Waals surface area contributed by atoms with Crippen LogP contribution in [0.3, 0.4) is 0 Å². The molecule has 9 heteroatoms. The molecule has 1 aromatic heterocycles. The molecule has 3 aromatic rings. The summed E-state index contributed by atoms with van der Waals surface area (Å²) in [5.74, 6) is 0.173. The Morgan fingerprint density at radius 3 is 2.41 bits per heavy atom. The number of ether oxygens (including phenoxy) is 3. The molecule has 1 heterocycles. The molecular weight excluding hydrogens is 414 g/mol. The van der Waals surface area contributed by atoms with Gasteiger partial charge in [-0.25, -0.2) is 5.43 Å². The third-order valence-electron chi connectivity index (χ3n) is 4.93. The van der Waals surface area contributed by atoms with Crippen molar-refractivity contribution in [2.45, 2.75) is 19.9 Å². The highest BCUT2D eigenvalue weighted by atomic mass is 16.5. The molecule has 0 fully saturated rings. The molecule has 168 valence electrons. The first kappa shape index (κ1) is 22.7. The molecule has 2 aromatic carbocycles. The largest absolute Gasteiger partial charge is 0.506 e. The Morgan fingerprint density at radius 2 is 1.75 bits per heavy atom. The van der Waals surface area contributed by atoms with Gasteiger partial charge in [-0.2, -0.15) is 5.10 Å². The van der Waals surface area contributed by atoms with Crippen LogP contribution in [-0.4, -0.2) is 43.1 Å². The number of hydrazone groups is 1. The number of benzene rings is 2. The van der Waals surface area contributed by atoms with Crippen molar-refractivity contribution in [3.05, 3.63) is 57.9 Å². The van der Waals surface area contributed by atoms with Crippen LogP contribution in [0.2, 0.25) is 0 Å². The number of nitrogens with zero attached hydrogens (tertiary/aromatic N) is 2. The van der Waals surface area contributed by atoms with Crippen molar-refractivity contribution in [1.29, 1.82) is 0 Å². The SMILES string of the molecule is CCCn1c(=O)c(C(=O)N/N=C/c2cc(OC)c(OC)cc2OC)c(O)c2ccccc21. The number of para-hydroxylation sites is 1. The second kappa shape index (κ2) is 9.86. The highest BCUT2D eigenvalue weighted by Gasteiger charge is 2.21. The van der Waals surface area contributed by atoms with Crippen LogP contribution in [0.4, 0.5) is 0 Å². The van der Waals surface area contributed by atoms with Crippen molar-refractivity contribution >= 4 is 23.0 Å². The number of amides is 1. The van der Waals surface area contributed by atoms with Gasteiger partial charge < -0.3 is 23.9 Å². The number of aromatic nitrogens is 1. The number of hydrogen-bond acceptors (Lipinski definition) is 7. The lowest BCUT2D eigenvalue weighted by molar-refractivity contribution is 0.0950. The van der Waals surface area contributed by atoms with Crippen molar-refractivity contribution in [3.8, 4) is 23.0 Å². The summed E-state index contributed by atoms with van der Waals surface area (Å²) >= 11 is 0. The third-order valence-corrected chi connectivity index (χ3v) is 4.93. The average molecular weight is 439 g/mol. The van der Waals surface area contributed by atoms with E-state index in [0.29, 0.717) is 46.7 Å². The topological polar surface area (TPSA) is 111 Å². The monoisotopic (exact) mass is 439 g/mol. The zero-order valence-electron chi connectivity index (χ0n) is 18.3. The van der Waals surface area contributed by atoms with Crippen LogP contribution in [0.5, 0.6) is 23.0 Å². The lowest BCUT2D eigenvalue weighted by atomic mass is 10.1. The number of aromatic hydroxyl groups is 1. The molecule has 0 unspecified atom stereocenters. The smallest absolute Gasteiger partial charge is 0.280 e. The van der Waals surface area contributed by atoms with Crippen LogP contribution >= 0.6 is 0 Å². The fraction of sp³-hybridized carbons (Fsp3) is 0.261. The Bertz CT molecular complexity index is 1230. The number of rotatable bonds is 8. The first-order valence-corrected chi connectivity index (χ1v) is 9.94. The standard InChI is InChI=1S/C23H25N3O6/c1-5-10-26-16-9-7-6-8-15(16)21(27)20(23(26)29)22(28)25-24-13-14-11-18(31-3)19(32-4)12-17(14)30-2/h6-9,11-13,27H,5,10H2,1-4H3,(H,25,28)/b24-13+. The van der Waals surface area contributed by atoms with Crippen molar-refractivity contribution in [1.82, 2.24) is 9.99 Å². The predicted octanol–water partition coefficient (Wildman–Crippen LogP) is 2.91. The Hall–Kier alpha value is -4.01. The van der Waals surface area contributed by atoms with Crippen LogP contribution in [0.25, 0.3) is 10.9 Å². The molecule has 0 spiro atoms. The number of carbonyl (C=O) groups excluding carboxylic acids is 1. The van der Waals surface area contributed by atoms with E-state index >= 15 is 0 Å². The highest BCUT2D eigenvalue weighted by molar-refractivity contribution is 6.02. The Balaban J connectivity index is 1.97. The summed E-state index contributed by atoms with van der Waals surface area (Å²) in [6.07, 6.45) is 2.04. The maximum Gasteiger partial charge on any atom is 0.280 e. The summed E-state index contributed by atoms with van der Waals surface area (Å²) in [6, 6.07) is 10.1. The van der Waals surface area contributed by atoms with E-state index < -0.39 is 11.5 Å². The fourth-order valence-electron chi connectivity index (χ4n) is 3.41. The van der Waals surface area contributed by atoms with Crippen LogP contribution < -0.4 is 25.2 Å². The summed E-state index contributed by atoms with van der Waals surface area (Å²) in [5.41, 5.74) is 2.43. The molecule has 0 bridgehead atoms. The summed E-state index contributed by atoms with van der Waals surface area (Å²) in [6.45, 7) is 2.33. The molecule has 0 aliphatic rings. The summed E-state index contributed by atoms with van der Waals surface area (Å²) < 4.78 is 17.3. The molecular formula is C23H25N3O6. The summed E-state index contributed by atoms with van der Waals surface area (Å²) in [5, 5.41) is 15.0. The van der Waals surface area contributed by atoms with Crippen molar-refractivity contribution in [2.24, 2.45) is 5.10 Å². The van der Waals surface area contributed by atoms with E-state index in [1.165, 1.54) is 32.1 Å². The average Bonchev–Trinajstić information content (AvgIpc) is 2.81. The minimum atomic E-state index is -0.821. The van der Waals surface area contributed by atoms with Gasteiger partial charge in [-0.15, -0.1) is 0 Å². The van der Waals surface area contributed by atoms with Gasteiger partial charge in [0.1, 0.15) is 17.1 Å². The van der Waals surface area contributed by atoms with E-state index in [1.807, 2.05) is 6.92 Å². The van der Waals surface area contributed by atoms with Gasteiger partial charge in [0.2, 0.25) is 0 Å². The van der Waals surface area contributed by atoms with Crippen LogP contribution in [0, 0.1) is 0 Å². The maximum atomic E-state index is 13.0. The number of hydrogen-bond donors (Lipinski definition) is 2. The molecule has 2 N–H and O–H groups in total. The van der Waals surface area contributed by atoms with Crippen molar-refractivity contribution < 1.29 is 24.1 Å². The minimum Gasteiger partial charge on any atom is -0.506 e. The van der Waals surface area contributed by atoms with E-state index in [4.69, 9.17) is 14.2 Å². The predicted molar refractivity (Wildman–Crippen MR) is 121 cm³/mol. The number of carbonyl (C=O) groups is 1. The molecule has 9 nitrogen and oxygen atoms in total.